The number of carbonyl (C=O) groups excluding carboxylic acids is 1. The molecule has 0 atom stereocenters. The lowest BCUT2D eigenvalue weighted by Crippen LogP contribution is -2.32. The maximum atomic E-state index is 11.7. The molecule has 1 fully saturated rings. The number of thiophene rings is 1. The molecule has 1 aliphatic carbocycles. The van der Waals surface area contributed by atoms with Crippen molar-refractivity contribution >= 4 is 40.4 Å². The minimum absolute atomic E-state index is 0.161. The molecule has 0 aliphatic heterocycles. The number of amides is 1. The molecular formula is C10H12Cl2N2OS. The maximum absolute atomic E-state index is 11.7. The van der Waals surface area contributed by atoms with Gasteiger partial charge in [0.05, 0.1) is 9.90 Å². The Morgan fingerprint density at radius 3 is 2.75 bits per heavy atom. The van der Waals surface area contributed by atoms with Gasteiger partial charge >= 0.3 is 0 Å². The second-order valence-electron chi connectivity index (χ2n) is 3.72. The van der Waals surface area contributed by atoms with Gasteiger partial charge in [-0.05, 0) is 18.9 Å². The summed E-state index contributed by atoms with van der Waals surface area (Å²) in [4.78, 5) is 11.7. The molecule has 0 spiro atoms. The SMILES string of the molecule is O=C(NCCNC1CC1)c1cc(Cl)sc1Cl. The van der Waals surface area contributed by atoms with Gasteiger partial charge in [-0.3, -0.25) is 4.79 Å². The number of rotatable bonds is 5. The van der Waals surface area contributed by atoms with Crippen LogP contribution in [0, 0.1) is 0 Å². The van der Waals surface area contributed by atoms with Crippen molar-refractivity contribution in [2.75, 3.05) is 13.1 Å². The van der Waals surface area contributed by atoms with Crippen LogP contribution in [0.15, 0.2) is 6.07 Å². The average molecular weight is 279 g/mol. The average Bonchev–Trinajstić information content (AvgIpc) is 2.98. The highest BCUT2D eigenvalue weighted by Gasteiger charge is 2.20. The van der Waals surface area contributed by atoms with Gasteiger partial charge in [0.25, 0.3) is 5.91 Å². The van der Waals surface area contributed by atoms with E-state index in [9.17, 15) is 4.79 Å². The van der Waals surface area contributed by atoms with E-state index in [2.05, 4.69) is 10.6 Å². The molecule has 0 radical (unpaired) electrons. The Bertz CT molecular complexity index is 390. The Morgan fingerprint density at radius 1 is 1.44 bits per heavy atom. The smallest absolute Gasteiger partial charge is 0.253 e. The fourth-order valence-corrected chi connectivity index (χ4v) is 2.79. The van der Waals surface area contributed by atoms with E-state index < -0.39 is 0 Å². The van der Waals surface area contributed by atoms with Gasteiger partial charge in [0.15, 0.2) is 0 Å². The summed E-state index contributed by atoms with van der Waals surface area (Å²) in [5.41, 5.74) is 0.461. The monoisotopic (exact) mass is 278 g/mol. The van der Waals surface area contributed by atoms with E-state index >= 15 is 0 Å². The van der Waals surface area contributed by atoms with E-state index in [4.69, 9.17) is 23.2 Å². The molecule has 1 aromatic rings. The lowest BCUT2D eigenvalue weighted by molar-refractivity contribution is 0.0954. The summed E-state index contributed by atoms with van der Waals surface area (Å²) in [7, 11) is 0. The molecule has 1 amide bonds. The summed E-state index contributed by atoms with van der Waals surface area (Å²) in [6, 6.07) is 2.26. The van der Waals surface area contributed by atoms with Crippen LogP contribution in [0.2, 0.25) is 8.67 Å². The quantitative estimate of drug-likeness (QED) is 0.813. The Hall–Kier alpha value is -0.290. The molecule has 1 aromatic heterocycles. The van der Waals surface area contributed by atoms with Gasteiger partial charge in [0.1, 0.15) is 4.34 Å². The molecule has 16 heavy (non-hydrogen) atoms. The number of halogens is 2. The van der Waals surface area contributed by atoms with Crippen LogP contribution >= 0.6 is 34.5 Å². The first kappa shape index (κ1) is 12.2. The maximum Gasteiger partial charge on any atom is 0.253 e. The van der Waals surface area contributed by atoms with Gasteiger partial charge in [0, 0.05) is 19.1 Å². The molecule has 6 heteroatoms. The summed E-state index contributed by atoms with van der Waals surface area (Å²) in [5.74, 6) is -0.161. The van der Waals surface area contributed by atoms with Gasteiger partial charge < -0.3 is 10.6 Å². The highest BCUT2D eigenvalue weighted by molar-refractivity contribution is 7.20. The van der Waals surface area contributed by atoms with Crippen LogP contribution in [0.1, 0.15) is 23.2 Å². The standard InChI is InChI=1S/C10H12Cl2N2OS/c11-8-5-7(9(12)16-8)10(15)14-4-3-13-6-1-2-6/h5-6,13H,1-4H2,(H,14,15). The highest BCUT2D eigenvalue weighted by atomic mass is 35.5. The molecule has 2 rings (SSSR count). The van der Waals surface area contributed by atoms with Crippen molar-refractivity contribution in [3.05, 3.63) is 20.3 Å². The lowest BCUT2D eigenvalue weighted by Gasteiger charge is -2.04. The summed E-state index contributed by atoms with van der Waals surface area (Å²) in [5, 5.41) is 6.11. The van der Waals surface area contributed by atoms with E-state index in [1.807, 2.05) is 0 Å². The lowest BCUT2D eigenvalue weighted by atomic mass is 10.3. The van der Waals surface area contributed by atoms with Crippen LogP contribution in [0.5, 0.6) is 0 Å². The number of nitrogens with one attached hydrogen (secondary N) is 2. The molecule has 0 saturated heterocycles. The van der Waals surface area contributed by atoms with E-state index in [-0.39, 0.29) is 5.91 Å². The summed E-state index contributed by atoms with van der Waals surface area (Å²) in [6.07, 6.45) is 2.50. The molecule has 1 aliphatic rings. The van der Waals surface area contributed by atoms with Gasteiger partial charge in [0.2, 0.25) is 0 Å². The summed E-state index contributed by atoms with van der Waals surface area (Å²) in [6.45, 7) is 1.41. The van der Waals surface area contributed by atoms with Crippen LogP contribution in [0.4, 0.5) is 0 Å². The van der Waals surface area contributed by atoms with Crippen molar-refractivity contribution in [2.45, 2.75) is 18.9 Å². The van der Waals surface area contributed by atoms with E-state index in [1.54, 1.807) is 6.07 Å². The summed E-state index contributed by atoms with van der Waals surface area (Å²) < 4.78 is 0.976. The van der Waals surface area contributed by atoms with Crippen molar-refractivity contribution in [1.82, 2.24) is 10.6 Å². The van der Waals surface area contributed by atoms with Gasteiger partial charge in [-0.25, -0.2) is 0 Å². The number of carbonyl (C=O) groups is 1. The van der Waals surface area contributed by atoms with E-state index in [0.29, 0.717) is 26.8 Å². The highest BCUT2D eigenvalue weighted by Crippen LogP contribution is 2.30. The van der Waals surface area contributed by atoms with Crippen LogP contribution < -0.4 is 10.6 Å². The largest absolute Gasteiger partial charge is 0.351 e. The first-order valence-electron chi connectivity index (χ1n) is 5.13. The van der Waals surface area contributed by atoms with E-state index in [1.165, 1.54) is 24.2 Å². The molecule has 88 valence electrons. The molecule has 2 N–H and O–H groups in total. The Balaban J connectivity index is 1.75. The third-order valence-corrected chi connectivity index (χ3v) is 3.81. The fourth-order valence-electron chi connectivity index (χ4n) is 1.33. The van der Waals surface area contributed by atoms with Crippen molar-refractivity contribution in [1.29, 1.82) is 0 Å². The first-order valence-corrected chi connectivity index (χ1v) is 6.70. The predicted molar refractivity (Wildman–Crippen MR) is 67.7 cm³/mol. The minimum atomic E-state index is -0.161. The first-order chi connectivity index (χ1) is 7.66. The van der Waals surface area contributed by atoms with E-state index in [0.717, 1.165) is 6.54 Å². The van der Waals surface area contributed by atoms with Crippen LogP contribution in [0.3, 0.4) is 0 Å². The zero-order valence-corrected chi connectivity index (χ0v) is 10.9. The van der Waals surface area contributed by atoms with Gasteiger partial charge in [-0.1, -0.05) is 23.2 Å². The Labute approximate surface area is 108 Å². The second-order valence-corrected chi connectivity index (χ2v) is 6.01. The molecule has 0 unspecified atom stereocenters. The minimum Gasteiger partial charge on any atom is -0.351 e. The van der Waals surface area contributed by atoms with Crippen LogP contribution in [-0.2, 0) is 0 Å². The van der Waals surface area contributed by atoms with Gasteiger partial charge in [-0.2, -0.15) is 0 Å². The van der Waals surface area contributed by atoms with Crippen molar-refractivity contribution < 1.29 is 4.79 Å². The zero-order valence-electron chi connectivity index (χ0n) is 8.56. The Morgan fingerprint density at radius 2 is 2.19 bits per heavy atom. The zero-order chi connectivity index (χ0) is 11.5. The molecule has 1 saturated carbocycles. The fraction of sp³-hybridized carbons (Fsp3) is 0.500. The normalized spacial score (nSPS) is 15.1. The number of hydrogen-bond acceptors (Lipinski definition) is 3. The molecule has 0 aromatic carbocycles. The molecule has 0 bridgehead atoms. The van der Waals surface area contributed by atoms with Crippen molar-refractivity contribution in [2.24, 2.45) is 0 Å². The topological polar surface area (TPSA) is 41.1 Å². The molecule has 1 heterocycles. The van der Waals surface area contributed by atoms with Crippen molar-refractivity contribution in [3.63, 3.8) is 0 Å². The predicted octanol–water partition coefficient (Wildman–Crippen LogP) is 2.54. The third kappa shape index (κ3) is 3.35. The third-order valence-electron chi connectivity index (χ3n) is 2.32. The van der Waals surface area contributed by atoms with Crippen molar-refractivity contribution in [3.8, 4) is 0 Å². The number of hydrogen-bond donors (Lipinski definition) is 2. The van der Waals surface area contributed by atoms with Crippen LogP contribution in [-0.4, -0.2) is 25.0 Å². The Kier molecular flexibility index (Phi) is 4.08. The summed E-state index contributed by atoms with van der Waals surface area (Å²) >= 11 is 12.8. The van der Waals surface area contributed by atoms with Crippen LogP contribution in [0.25, 0.3) is 0 Å². The molecule has 3 nitrogen and oxygen atoms in total. The second kappa shape index (κ2) is 5.36. The molecular weight excluding hydrogens is 267 g/mol. The van der Waals surface area contributed by atoms with Gasteiger partial charge in [-0.15, -0.1) is 11.3 Å².